The third kappa shape index (κ3) is 2.40. The second-order valence-electron chi connectivity index (χ2n) is 4.81. The quantitative estimate of drug-likeness (QED) is 0.616. The number of nitrogens with two attached hydrogens (primary N) is 1. The fourth-order valence-corrected chi connectivity index (χ4v) is 1.70. The van der Waals surface area contributed by atoms with Crippen LogP contribution in [-0.4, -0.2) is 23.1 Å². The Kier molecular flexibility index (Phi) is 2.69. The zero-order valence-corrected chi connectivity index (χ0v) is 9.12. The van der Waals surface area contributed by atoms with Crippen molar-refractivity contribution in [3.05, 3.63) is 0 Å². The Morgan fingerprint density at radius 1 is 1.25 bits per heavy atom. The van der Waals surface area contributed by atoms with Crippen molar-refractivity contribution >= 4 is 17.6 Å². The molecule has 0 aromatic rings. The molecule has 0 heterocycles. The van der Waals surface area contributed by atoms with E-state index in [-0.39, 0.29) is 6.42 Å². The molecule has 0 radical (unpaired) electrons. The van der Waals surface area contributed by atoms with Crippen molar-refractivity contribution < 1.29 is 14.4 Å². The van der Waals surface area contributed by atoms with E-state index in [4.69, 9.17) is 5.73 Å². The number of hydrogen-bond donors (Lipinski definition) is 2. The number of nitrogens with one attached hydrogen (secondary N) is 1. The van der Waals surface area contributed by atoms with Crippen molar-refractivity contribution in [3.63, 3.8) is 0 Å². The van der Waals surface area contributed by atoms with Crippen LogP contribution in [0.5, 0.6) is 0 Å². The molecule has 2 fully saturated rings. The van der Waals surface area contributed by atoms with Gasteiger partial charge in [0.05, 0.1) is 0 Å². The van der Waals surface area contributed by atoms with Crippen LogP contribution in [0.25, 0.3) is 0 Å². The van der Waals surface area contributed by atoms with Gasteiger partial charge in [-0.3, -0.25) is 14.4 Å². The molecule has 88 valence electrons. The highest BCUT2D eigenvalue weighted by molar-refractivity contribution is 6.36. The number of carbonyl (C=O) groups excluding carboxylic acids is 3. The zero-order valence-electron chi connectivity index (χ0n) is 9.12. The van der Waals surface area contributed by atoms with E-state index in [1.165, 1.54) is 12.8 Å². The third-order valence-electron chi connectivity index (χ3n) is 3.30. The molecule has 0 bridgehead atoms. The zero-order chi connectivity index (χ0) is 11.8. The van der Waals surface area contributed by atoms with Crippen LogP contribution in [0.2, 0.25) is 0 Å². The fraction of sp³-hybridized carbons (Fsp3) is 0.727. The van der Waals surface area contributed by atoms with E-state index >= 15 is 0 Å². The molecule has 2 rings (SSSR count). The summed E-state index contributed by atoms with van der Waals surface area (Å²) in [5.41, 5.74) is 4.22. The Labute approximate surface area is 93.8 Å². The van der Waals surface area contributed by atoms with Gasteiger partial charge in [-0.25, -0.2) is 0 Å². The number of primary amides is 1. The molecule has 0 aromatic heterocycles. The maximum absolute atomic E-state index is 11.5. The molecule has 0 aliphatic heterocycles. The van der Waals surface area contributed by atoms with Gasteiger partial charge < -0.3 is 11.1 Å². The lowest BCUT2D eigenvalue weighted by Crippen LogP contribution is -2.49. The lowest BCUT2D eigenvalue weighted by Gasteiger charge is -2.12. The van der Waals surface area contributed by atoms with Gasteiger partial charge in [-0.15, -0.1) is 0 Å². The van der Waals surface area contributed by atoms with Crippen molar-refractivity contribution in [3.8, 4) is 0 Å². The van der Waals surface area contributed by atoms with Crippen LogP contribution in [0.3, 0.4) is 0 Å². The summed E-state index contributed by atoms with van der Waals surface area (Å²) < 4.78 is 0. The number of hydrogen-bond acceptors (Lipinski definition) is 3. The van der Waals surface area contributed by atoms with E-state index in [2.05, 4.69) is 5.32 Å². The maximum atomic E-state index is 11.5. The molecule has 0 atom stereocenters. The first-order chi connectivity index (χ1) is 7.53. The molecule has 3 N–H and O–H groups in total. The number of rotatable bonds is 6. The van der Waals surface area contributed by atoms with Crippen molar-refractivity contribution in [2.24, 2.45) is 11.7 Å². The highest BCUT2D eigenvalue weighted by Gasteiger charge is 2.50. The Bertz CT molecular complexity index is 343. The Morgan fingerprint density at radius 3 is 2.31 bits per heavy atom. The Hall–Kier alpha value is -1.39. The fourth-order valence-electron chi connectivity index (χ4n) is 1.70. The van der Waals surface area contributed by atoms with Crippen molar-refractivity contribution in [1.29, 1.82) is 0 Å². The summed E-state index contributed by atoms with van der Waals surface area (Å²) in [7, 11) is 0. The first kappa shape index (κ1) is 11.1. The summed E-state index contributed by atoms with van der Waals surface area (Å²) in [4.78, 5) is 33.9. The third-order valence-corrected chi connectivity index (χ3v) is 3.30. The monoisotopic (exact) mass is 224 g/mol. The minimum absolute atomic E-state index is 0.283. The van der Waals surface area contributed by atoms with E-state index in [9.17, 15) is 14.4 Å². The summed E-state index contributed by atoms with van der Waals surface area (Å²) in [5, 5.41) is 2.45. The minimum Gasteiger partial charge on any atom is -0.368 e. The largest absolute Gasteiger partial charge is 0.368 e. The molecular weight excluding hydrogens is 208 g/mol. The first-order valence-corrected chi connectivity index (χ1v) is 5.69. The van der Waals surface area contributed by atoms with E-state index in [1.807, 2.05) is 0 Å². The normalized spacial score (nSPS) is 21.2. The minimum atomic E-state index is -0.924. The molecule has 0 saturated heterocycles. The summed E-state index contributed by atoms with van der Waals surface area (Å²) in [6.07, 6.45) is 4.50. The average Bonchev–Trinajstić information content (AvgIpc) is 3.08. The van der Waals surface area contributed by atoms with Gasteiger partial charge in [-0.2, -0.15) is 0 Å². The lowest BCUT2D eigenvalue weighted by atomic mass is 10.1. The van der Waals surface area contributed by atoms with E-state index in [0.717, 1.165) is 6.42 Å². The van der Waals surface area contributed by atoms with E-state index in [0.29, 0.717) is 18.8 Å². The Morgan fingerprint density at radius 2 is 1.88 bits per heavy atom. The van der Waals surface area contributed by atoms with Crippen molar-refractivity contribution in [2.45, 2.75) is 44.1 Å². The molecule has 16 heavy (non-hydrogen) atoms. The molecular formula is C11H16N2O3. The molecule has 5 heteroatoms. The van der Waals surface area contributed by atoms with Gasteiger partial charge in [0.15, 0.2) is 0 Å². The second kappa shape index (κ2) is 3.88. The predicted octanol–water partition coefficient (Wildman–Crippen LogP) is -0.120. The van der Waals surface area contributed by atoms with Gasteiger partial charge in [-0.1, -0.05) is 12.8 Å². The molecule has 0 unspecified atom stereocenters. The van der Waals surface area contributed by atoms with Gasteiger partial charge in [0, 0.05) is 6.42 Å². The molecule has 2 aliphatic carbocycles. The number of ketones is 1. The van der Waals surface area contributed by atoms with Crippen molar-refractivity contribution in [2.75, 3.05) is 0 Å². The van der Waals surface area contributed by atoms with Crippen molar-refractivity contribution in [1.82, 2.24) is 5.32 Å². The summed E-state index contributed by atoms with van der Waals surface area (Å²) in [5.74, 6) is -1.00. The molecule has 2 aliphatic rings. The van der Waals surface area contributed by atoms with E-state index in [1.54, 1.807) is 0 Å². The topological polar surface area (TPSA) is 89.3 Å². The van der Waals surface area contributed by atoms with Gasteiger partial charge in [-0.05, 0) is 25.2 Å². The number of carbonyl (C=O) groups is 3. The average molecular weight is 224 g/mol. The van der Waals surface area contributed by atoms with Gasteiger partial charge in [0.25, 0.3) is 5.91 Å². The SMILES string of the molecule is NC(=O)C1(NC(=O)C(=O)CCC2CC2)CC1. The van der Waals surface area contributed by atoms with Gasteiger partial charge in [0.1, 0.15) is 5.54 Å². The standard InChI is InChI=1S/C11H16N2O3/c12-10(16)11(5-6-11)13-9(15)8(14)4-3-7-1-2-7/h7H,1-6H2,(H2,12,16)(H,13,15). The number of amides is 2. The van der Waals surface area contributed by atoms with Crippen LogP contribution in [-0.2, 0) is 14.4 Å². The van der Waals surface area contributed by atoms with Crippen LogP contribution in [0.4, 0.5) is 0 Å². The second-order valence-corrected chi connectivity index (χ2v) is 4.81. The first-order valence-electron chi connectivity index (χ1n) is 5.69. The molecule has 2 saturated carbocycles. The van der Waals surface area contributed by atoms with E-state index < -0.39 is 23.1 Å². The van der Waals surface area contributed by atoms with Crippen LogP contribution in [0.1, 0.15) is 38.5 Å². The maximum Gasteiger partial charge on any atom is 0.288 e. The smallest absolute Gasteiger partial charge is 0.288 e. The summed E-state index contributed by atoms with van der Waals surface area (Å²) in [6.45, 7) is 0. The lowest BCUT2D eigenvalue weighted by molar-refractivity contribution is -0.139. The van der Waals surface area contributed by atoms with Crippen LogP contribution >= 0.6 is 0 Å². The Balaban J connectivity index is 1.78. The van der Waals surface area contributed by atoms with Crippen LogP contribution in [0.15, 0.2) is 0 Å². The number of Topliss-reactive ketones (excluding diaryl/α,β-unsaturated/α-hetero) is 1. The predicted molar refractivity (Wildman–Crippen MR) is 56.3 cm³/mol. The molecule has 5 nitrogen and oxygen atoms in total. The summed E-state index contributed by atoms with van der Waals surface area (Å²) in [6, 6.07) is 0. The van der Waals surface area contributed by atoms with Crippen LogP contribution < -0.4 is 11.1 Å². The molecule has 2 amide bonds. The molecule has 0 spiro atoms. The van der Waals surface area contributed by atoms with Crippen LogP contribution in [0, 0.1) is 5.92 Å². The summed E-state index contributed by atoms with van der Waals surface area (Å²) >= 11 is 0. The highest BCUT2D eigenvalue weighted by atomic mass is 16.2. The van der Waals surface area contributed by atoms with Gasteiger partial charge >= 0.3 is 0 Å². The van der Waals surface area contributed by atoms with Gasteiger partial charge in [0.2, 0.25) is 11.7 Å². The molecule has 0 aromatic carbocycles. The highest BCUT2D eigenvalue weighted by Crippen LogP contribution is 2.35.